The van der Waals surface area contributed by atoms with E-state index in [1.165, 1.54) is 18.2 Å². The smallest absolute Gasteiger partial charge is 0.313 e. The summed E-state index contributed by atoms with van der Waals surface area (Å²) in [5.41, 5.74) is 0.148. The fourth-order valence-electron chi connectivity index (χ4n) is 2.34. The van der Waals surface area contributed by atoms with E-state index in [0.717, 1.165) is 0 Å². The van der Waals surface area contributed by atoms with Crippen molar-refractivity contribution in [2.75, 3.05) is 0 Å². The van der Waals surface area contributed by atoms with Crippen LogP contribution in [0.25, 0.3) is 22.3 Å². The van der Waals surface area contributed by atoms with Gasteiger partial charge in [-0.2, -0.15) is 12.1 Å². The topological polar surface area (TPSA) is 73.3 Å². The number of benzene rings is 1. The van der Waals surface area contributed by atoms with Gasteiger partial charge >= 0.3 is 5.69 Å². The first-order valence-corrected chi connectivity index (χ1v) is 8.16. The SMILES string of the molecule is O=c1cc(-[c-]2cccc2)oc2c([N+](=O)[O-])cc(Br)cc12.[Fe].[cH-]1[cH-][cH-][cH-][cH-]1. The molecule has 3 aromatic carbocycles. The van der Waals surface area contributed by atoms with Crippen molar-refractivity contribution in [3.8, 4) is 11.3 Å². The summed E-state index contributed by atoms with van der Waals surface area (Å²) in [5, 5.41) is 11.3. The third-order valence-electron chi connectivity index (χ3n) is 3.47. The Bertz CT molecular complexity index is 1040. The third kappa shape index (κ3) is 4.38. The van der Waals surface area contributed by atoms with Crippen LogP contribution in [-0.2, 0) is 17.1 Å². The van der Waals surface area contributed by atoms with Crippen molar-refractivity contribution in [2.24, 2.45) is 0 Å². The number of non-ortho nitro benzene ring substituents is 1. The van der Waals surface area contributed by atoms with Gasteiger partial charge in [-0.25, -0.2) is 0 Å². The van der Waals surface area contributed by atoms with E-state index in [2.05, 4.69) is 15.9 Å². The summed E-state index contributed by atoms with van der Waals surface area (Å²) in [6, 6.07) is 21.3. The largest absolute Gasteiger partial charge is 0.748 e. The van der Waals surface area contributed by atoms with Crippen LogP contribution in [0.4, 0.5) is 5.69 Å². The molecule has 26 heavy (non-hydrogen) atoms. The van der Waals surface area contributed by atoms with Crippen molar-refractivity contribution in [3.05, 3.63) is 97.6 Å². The standard InChI is InChI=1S/C14H7BrNO4.C5H5.Fe/c15-9-5-10-12(17)7-13(8-3-1-2-4-8)20-14(10)11(6-9)16(18)19;1-2-4-5-3-1;/h1-7H;1-5H;/q-1;-5;. The van der Waals surface area contributed by atoms with Gasteiger partial charge in [0.1, 0.15) is 0 Å². The molecule has 4 rings (SSSR count). The predicted octanol–water partition coefficient (Wildman–Crippen LogP) is 5.25. The van der Waals surface area contributed by atoms with Crippen LogP contribution in [0.3, 0.4) is 0 Å². The molecule has 4 aromatic rings. The molecule has 0 aliphatic rings. The summed E-state index contributed by atoms with van der Waals surface area (Å²) < 4.78 is 6.03. The molecule has 0 bridgehead atoms. The maximum Gasteiger partial charge on any atom is 0.313 e. The molecule has 1 heterocycles. The maximum atomic E-state index is 12.1. The van der Waals surface area contributed by atoms with Crippen molar-refractivity contribution in [1.82, 2.24) is 0 Å². The summed E-state index contributed by atoms with van der Waals surface area (Å²) in [7, 11) is 0. The van der Waals surface area contributed by atoms with Gasteiger partial charge in [0.2, 0.25) is 5.58 Å². The Morgan fingerprint density at radius 1 is 1.04 bits per heavy atom. The minimum atomic E-state index is -0.565. The zero-order valence-corrected chi connectivity index (χ0v) is 15.9. The first kappa shape index (κ1) is 19.8. The monoisotopic (exact) mass is 453 g/mol. The Morgan fingerprint density at radius 3 is 2.15 bits per heavy atom. The predicted molar refractivity (Wildman–Crippen MR) is 99.9 cm³/mol. The van der Waals surface area contributed by atoms with Gasteiger partial charge in [-0.05, 0) is 12.1 Å². The summed E-state index contributed by atoms with van der Waals surface area (Å²) in [6.45, 7) is 0. The number of rotatable bonds is 2. The Kier molecular flexibility index (Phi) is 6.69. The number of hydrogen-bond acceptors (Lipinski definition) is 4. The number of halogens is 1. The van der Waals surface area contributed by atoms with Gasteiger partial charge < -0.3 is 39.5 Å². The summed E-state index contributed by atoms with van der Waals surface area (Å²) >= 11 is 3.16. The number of nitro benzene ring substituents is 1. The second-order valence-electron chi connectivity index (χ2n) is 5.17. The van der Waals surface area contributed by atoms with Gasteiger partial charge in [-0.15, -0.1) is 12.1 Å². The molecular weight excluding hydrogens is 442 g/mol. The first-order valence-electron chi connectivity index (χ1n) is 7.37. The molecule has 138 valence electrons. The van der Waals surface area contributed by atoms with Crippen LogP contribution >= 0.6 is 15.9 Å². The Hall–Kier alpha value is -2.47. The van der Waals surface area contributed by atoms with Crippen molar-refractivity contribution in [1.29, 1.82) is 0 Å². The summed E-state index contributed by atoms with van der Waals surface area (Å²) in [5.74, 6) is 0.318. The van der Waals surface area contributed by atoms with Crippen LogP contribution in [-0.4, -0.2) is 4.92 Å². The van der Waals surface area contributed by atoms with Crippen molar-refractivity contribution < 1.29 is 26.4 Å². The average Bonchev–Trinajstić information content (AvgIpc) is 3.30. The minimum absolute atomic E-state index is 0. The molecule has 0 unspecified atom stereocenters. The average molecular weight is 454 g/mol. The minimum Gasteiger partial charge on any atom is -0.748 e. The van der Waals surface area contributed by atoms with Crippen LogP contribution in [0.2, 0.25) is 0 Å². The molecule has 0 atom stereocenters. The van der Waals surface area contributed by atoms with E-state index in [0.29, 0.717) is 15.8 Å². The van der Waals surface area contributed by atoms with Crippen LogP contribution < -0.4 is 5.43 Å². The number of nitro groups is 1. The molecule has 1 aromatic heterocycles. The van der Waals surface area contributed by atoms with E-state index >= 15 is 0 Å². The second-order valence-corrected chi connectivity index (χ2v) is 6.09. The van der Waals surface area contributed by atoms with Crippen molar-refractivity contribution in [3.63, 3.8) is 0 Å². The van der Waals surface area contributed by atoms with E-state index in [4.69, 9.17) is 4.42 Å². The van der Waals surface area contributed by atoms with E-state index in [9.17, 15) is 14.9 Å². The molecule has 7 heteroatoms. The van der Waals surface area contributed by atoms with Crippen LogP contribution in [0, 0.1) is 10.1 Å². The van der Waals surface area contributed by atoms with Crippen LogP contribution in [0.1, 0.15) is 0 Å². The molecule has 0 saturated carbocycles. The van der Waals surface area contributed by atoms with Gasteiger partial charge in [-0.3, -0.25) is 10.1 Å². The van der Waals surface area contributed by atoms with E-state index in [1.807, 2.05) is 30.3 Å². The Labute approximate surface area is 167 Å². The molecule has 0 saturated heterocycles. The fraction of sp³-hybridized carbons (Fsp3) is 0. The Balaban J connectivity index is 0.000000351. The molecular formula is C19H12BrFeNO4-6. The van der Waals surface area contributed by atoms with Crippen LogP contribution in [0.5, 0.6) is 0 Å². The van der Waals surface area contributed by atoms with Crippen molar-refractivity contribution >= 4 is 32.6 Å². The molecule has 0 radical (unpaired) electrons. The summed E-state index contributed by atoms with van der Waals surface area (Å²) in [4.78, 5) is 22.7. The quantitative estimate of drug-likeness (QED) is 0.180. The van der Waals surface area contributed by atoms with Gasteiger partial charge in [0.05, 0.1) is 16.1 Å². The summed E-state index contributed by atoms with van der Waals surface area (Å²) in [6.07, 6.45) is 0. The van der Waals surface area contributed by atoms with Gasteiger partial charge in [0, 0.05) is 27.6 Å². The molecule has 0 N–H and O–H groups in total. The second kappa shape index (κ2) is 8.76. The van der Waals surface area contributed by atoms with E-state index < -0.39 is 4.92 Å². The molecule has 0 fully saturated rings. The zero-order chi connectivity index (χ0) is 17.8. The van der Waals surface area contributed by atoms with E-state index in [1.54, 1.807) is 24.3 Å². The number of fused-ring (bicyclic) bond motifs is 1. The number of nitrogens with zero attached hydrogens (tertiary/aromatic N) is 1. The van der Waals surface area contributed by atoms with Crippen molar-refractivity contribution in [2.45, 2.75) is 0 Å². The Morgan fingerprint density at radius 2 is 1.62 bits per heavy atom. The molecule has 0 aliphatic heterocycles. The normalized spacial score (nSPS) is 9.88. The molecule has 5 nitrogen and oxygen atoms in total. The van der Waals surface area contributed by atoms with Crippen LogP contribution in [0.15, 0.2) is 86.5 Å². The van der Waals surface area contributed by atoms with Gasteiger partial charge in [0.15, 0.2) is 5.43 Å². The first-order chi connectivity index (χ1) is 12.1. The zero-order valence-electron chi connectivity index (χ0n) is 13.2. The van der Waals surface area contributed by atoms with E-state index in [-0.39, 0.29) is 39.2 Å². The van der Waals surface area contributed by atoms with Gasteiger partial charge in [-0.1, -0.05) is 21.5 Å². The maximum absolute atomic E-state index is 12.1. The van der Waals surface area contributed by atoms with Gasteiger partial charge in [0.25, 0.3) is 0 Å². The third-order valence-corrected chi connectivity index (χ3v) is 3.93. The molecule has 0 aliphatic carbocycles. The molecule has 0 amide bonds. The molecule has 0 spiro atoms. The fourth-order valence-corrected chi connectivity index (χ4v) is 2.79. The number of hydrogen-bond donors (Lipinski definition) is 0.